The summed E-state index contributed by atoms with van der Waals surface area (Å²) in [6.07, 6.45) is 0.386. The number of likely N-dealkylation sites (N-methyl/N-ethyl adjacent to an activating group) is 1. The largest absolute Gasteiger partial charge is 0.322 e. The van der Waals surface area contributed by atoms with Crippen LogP contribution in [0.4, 0.5) is 11.4 Å². The van der Waals surface area contributed by atoms with Crippen LogP contribution in [0.5, 0.6) is 0 Å². The van der Waals surface area contributed by atoms with E-state index in [4.69, 9.17) is 5.26 Å². The molecule has 1 saturated heterocycles. The van der Waals surface area contributed by atoms with Gasteiger partial charge in [0.25, 0.3) is 11.8 Å². The van der Waals surface area contributed by atoms with Gasteiger partial charge in [-0.25, -0.2) is 0 Å². The SMILES string of the molecule is CN1C(=O)c2ccccc2N2C(=O)CCC12C(=O)Nc1ccc(C#N)cc1. The van der Waals surface area contributed by atoms with E-state index < -0.39 is 11.6 Å². The van der Waals surface area contributed by atoms with Crippen molar-refractivity contribution in [3.63, 3.8) is 0 Å². The van der Waals surface area contributed by atoms with E-state index in [1.807, 2.05) is 6.07 Å². The Kier molecular flexibility index (Phi) is 3.70. The number of benzene rings is 2. The molecule has 0 bridgehead atoms. The Bertz CT molecular complexity index is 1010. The summed E-state index contributed by atoms with van der Waals surface area (Å²) in [5.74, 6) is -0.952. The molecule has 7 nitrogen and oxygen atoms in total. The molecule has 2 aliphatic heterocycles. The van der Waals surface area contributed by atoms with Gasteiger partial charge >= 0.3 is 0 Å². The summed E-state index contributed by atoms with van der Waals surface area (Å²) >= 11 is 0. The number of nitriles is 1. The molecule has 2 aromatic rings. The minimum atomic E-state index is -1.41. The standard InChI is InChI=1S/C20H16N4O3/c1-23-18(26)15-4-2-3-5-16(15)24-17(25)10-11-20(23,24)19(27)22-14-8-6-13(12-21)7-9-14/h2-9H,10-11H2,1H3,(H,22,27). The second-order valence-corrected chi connectivity index (χ2v) is 6.57. The molecule has 0 saturated carbocycles. The lowest BCUT2D eigenvalue weighted by molar-refractivity contribution is -0.128. The number of carbonyl (C=O) groups is 3. The predicted octanol–water partition coefficient (Wildman–Crippen LogP) is 2.11. The van der Waals surface area contributed by atoms with Gasteiger partial charge in [0.1, 0.15) is 0 Å². The van der Waals surface area contributed by atoms with Crippen molar-refractivity contribution in [3.8, 4) is 6.07 Å². The lowest BCUT2D eigenvalue weighted by Gasteiger charge is -2.47. The quantitative estimate of drug-likeness (QED) is 0.887. The van der Waals surface area contributed by atoms with E-state index in [0.29, 0.717) is 22.5 Å². The molecule has 0 aliphatic carbocycles. The Hall–Kier alpha value is -3.66. The number of nitrogens with one attached hydrogen (secondary N) is 1. The van der Waals surface area contributed by atoms with Crippen LogP contribution in [0.25, 0.3) is 0 Å². The highest BCUT2D eigenvalue weighted by Gasteiger charge is 2.59. The molecule has 2 aromatic carbocycles. The molecule has 4 rings (SSSR count). The summed E-state index contributed by atoms with van der Waals surface area (Å²) in [5.41, 5.74) is 0.418. The third kappa shape index (κ3) is 2.30. The van der Waals surface area contributed by atoms with Crippen molar-refractivity contribution >= 4 is 29.1 Å². The molecule has 1 fully saturated rings. The fraction of sp³-hybridized carbons (Fsp3) is 0.200. The van der Waals surface area contributed by atoms with E-state index >= 15 is 0 Å². The number of anilines is 2. The smallest absolute Gasteiger partial charge is 0.271 e. The van der Waals surface area contributed by atoms with Crippen molar-refractivity contribution in [3.05, 3.63) is 59.7 Å². The highest BCUT2D eigenvalue weighted by atomic mass is 16.2. The van der Waals surface area contributed by atoms with Gasteiger partial charge < -0.3 is 10.2 Å². The number of amides is 3. The number of nitrogens with zero attached hydrogens (tertiary/aromatic N) is 3. The van der Waals surface area contributed by atoms with Gasteiger partial charge in [0.05, 0.1) is 22.9 Å². The van der Waals surface area contributed by atoms with Crippen LogP contribution < -0.4 is 10.2 Å². The number of para-hydroxylation sites is 1. The average molecular weight is 360 g/mol. The van der Waals surface area contributed by atoms with Gasteiger partial charge in [0, 0.05) is 25.6 Å². The van der Waals surface area contributed by atoms with E-state index in [2.05, 4.69) is 5.32 Å². The number of rotatable bonds is 2. The topological polar surface area (TPSA) is 93.5 Å². The highest BCUT2D eigenvalue weighted by Crippen LogP contribution is 2.44. The normalized spacial score (nSPS) is 20.7. The highest BCUT2D eigenvalue weighted by molar-refractivity contribution is 6.18. The van der Waals surface area contributed by atoms with Crippen molar-refractivity contribution in [2.45, 2.75) is 18.5 Å². The summed E-state index contributed by atoms with van der Waals surface area (Å²) < 4.78 is 0. The molecule has 0 spiro atoms. The maximum atomic E-state index is 13.3. The molecule has 0 aromatic heterocycles. The first-order valence-electron chi connectivity index (χ1n) is 8.51. The zero-order chi connectivity index (χ0) is 19.2. The zero-order valence-corrected chi connectivity index (χ0v) is 14.6. The molecule has 1 N–H and O–H groups in total. The van der Waals surface area contributed by atoms with E-state index in [1.54, 1.807) is 55.6 Å². The molecule has 1 atom stereocenters. The molecule has 1 unspecified atom stereocenters. The maximum Gasteiger partial charge on any atom is 0.271 e. The maximum absolute atomic E-state index is 13.3. The van der Waals surface area contributed by atoms with Gasteiger partial charge in [-0.1, -0.05) is 12.1 Å². The van der Waals surface area contributed by atoms with Gasteiger partial charge in [-0.3, -0.25) is 19.3 Å². The van der Waals surface area contributed by atoms with Crippen LogP contribution in [0.1, 0.15) is 28.8 Å². The van der Waals surface area contributed by atoms with E-state index in [0.717, 1.165) is 0 Å². The van der Waals surface area contributed by atoms with Crippen molar-refractivity contribution in [1.82, 2.24) is 4.90 Å². The van der Waals surface area contributed by atoms with E-state index in [-0.39, 0.29) is 24.7 Å². The second kappa shape index (κ2) is 5.95. The van der Waals surface area contributed by atoms with Crippen molar-refractivity contribution in [1.29, 1.82) is 5.26 Å². The van der Waals surface area contributed by atoms with Gasteiger partial charge in [-0.05, 0) is 36.4 Å². The van der Waals surface area contributed by atoms with Crippen LogP contribution in [0.15, 0.2) is 48.5 Å². The molecule has 2 aliphatic rings. The van der Waals surface area contributed by atoms with Crippen molar-refractivity contribution in [2.75, 3.05) is 17.3 Å². The minimum absolute atomic E-state index is 0.173. The monoisotopic (exact) mass is 360 g/mol. The zero-order valence-electron chi connectivity index (χ0n) is 14.6. The fourth-order valence-electron chi connectivity index (χ4n) is 3.79. The second-order valence-electron chi connectivity index (χ2n) is 6.57. The molecule has 2 heterocycles. The summed E-state index contributed by atoms with van der Waals surface area (Å²) in [7, 11) is 1.54. The van der Waals surface area contributed by atoms with Crippen LogP contribution in [-0.2, 0) is 9.59 Å². The number of carbonyl (C=O) groups excluding carboxylic acids is 3. The number of hydrogen-bond donors (Lipinski definition) is 1. The third-order valence-electron chi connectivity index (χ3n) is 5.18. The van der Waals surface area contributed by atoms with Crippen LogP contribution in [0.2, 0.25) is 0 Å². The summed E-state index contributed by atoms with van der Waals surface area (Å²) in [6.45, 7) is 0. The summed E-state index contributed by atoms with van der Waals surface area (Å²) in [6, 6.07) is 15.3. The van der Waals surface area contributed by atoms with Gasteiger partial charge in [-0.15, -0.1) is 0 Å². The number of hydrogen-bond acceptors (Lipinski definition) is 4. The van der Waals surface area contributed by atoms with Gasteiger partial charge in [0.15, 0.2) is 0 Å². The van der Waals surface area contributed by atoms with Crippen LogP contribution in [0, 0.1) is 11.3 Å². The Morgan fingerprint density at radius 1 is 1.15 bits per heavy atom. The first-order chi connectivity index (χ1) is 13.0. The van der Waals surface area contributed by atoms with Crippen molar-refractivity contribution in [2.24, 2.45) is 0 Å². The lowest BCUT2D eigenvalue weighted by atomic mass is 9.96. The molecule has 134 valence electrons. The Balaban J connectivity index is 1.77. The van der Waals surface area contributed by atoms with Gasteiger partial charge in [0.2, 0.25) is 11.6 Å². The number of fused-ring (bicyclic) bond motifs is 3. The van der Waals surface area contributed by atoms with Gasteiger partial charge in [-0.2, -0.15) is 5.26 Å². The van der Waals surface area contributed by atoms with Crippen LogP contribution >= 0.6 is 0 Å². The van der Waals surface area contributed by atoms with Crippen molar-refractivity contribution < 1.29 is 14.4 Å². The molecule has 7 heteroatoms. The molecule has 0 radical (unpaired) electrons. The molecular weight excluding hydrogens is 344 g/mol. The Labute approximate surface area is 155 Å². The van der Waals surface area contributed by atoms with E-state index in [9.17, 15) is 14.4 Å². The lowest BCUT2D eigenvalue weighted by Crippen LogP contribution is -2.68. The average Bonchev–Trinajstić information content (AvgIpc) is 3.05. The first-order valence-corrected chi connectivity index (χ1v) is 8.51. The third-order valence-corrected chi connectivity index (χ3v) is 5.18. The van der Waals surface area contributed by atoms with Crippen LogP contribution in [0.3, 0.4) is 0 Å². The van der Waals surface area contributed by atoms with E-state index in [1.165, 1.54) is 9.80 Å². The fourth-order valence-corrected chi connectivity index (χ4v) is 3.79. The first kappa shape index (κ1) is 16.8. The summed E-state index contributed by atoms with van der Waals surface area (Å²) in [4.78, 5) is 41.6. The Morgan fingerprint density at radius 2 is 1.85 bits per heavy atom. The summed E-state index contributed by atoms with van der Waals surface area (Å²) in [5, 5.41) is 11.7. The minimum Gasteiger partial charge on any atom is -0.322 e. The van der Waals surface area contributed by atoms with Crippen LogP contribution in [-0.4, -0.2) is 35.3 Å². The predicted molar refractivity (Wildman–Crippen MR) is 97.8 cm³/mol. The Morgan fingerprint density at radius 3 is 2.56 bits per heavy atom. The molecule has 3 amide bonds. The molecular formula is C20H16N4O3. The molecule has 27 heavy (non-hydrogen) atoms.